The van der Waals surface area contributed by atoms with E-state index in [0.717, 1.165) is 27.8 Å². The minimum absolute atomic E-state index is 0.190. The molecule has 0 saturated carbocycles. The number of carbonyl (C=O) groups is 1. The number of likely N-dealkylation sites (tertiary alicyclic amines) is 1. The maximum absolute atomic E-state index is 13.1. The Balaban J connectivity index is 1.53. The Morgan fingerprint density at radius 2 is 1.96 bits per heavy atom. The molecule has 0 radical (unpaired) electrons. The maximum atomic E-state index is 13.1. The molecule has 146 valence electrons. The van der Waals surface area contributed by atoms with Crippen LogP contribution in [-0.2, 0) is 0 Å². The van der Waals surface area contributed by atoms with Gasteiger partial charge in [0.05, 0.1) is 6.54 Å². The van der Waals surface area contributed by atoms with Gasteiger partial charge in [-0.05, 0) is 44.5 Å². The summed E-state index contributed by atoms with van der Waals surface area (Å²) in [5, 5.41) is 11.9. The van der Waals surface area contributed by atoms with Gasteiger partial charge < -0.3 is 19.2 Å². The second-order valence-corrected chi connectivity index (χ2v) is 7.85. The molecule has 2 aromatic carbocycles. The smallest absolute Gasteiger partial charge is 0.289 e. The summed E-state index contributed by atoms with van der Waals surface area (Å²) < 4.78 is 11.9. The van der Waals surface area contributed by atoms with Crippen molar-refractivity contribution in [2.24, 2.45) is 0 Å². The van der Waals surface area contributed by atoms with Crippen LogP contribution >= 0.6 is 0 Å². The number of rotatable bonds is 3. The quantitative estimate of drug-likeness (QED) is 0.744. The van der Waals surface area contributed by atoms with Gasteiger partial charge in [0.15, 0.2) is 5.76 Å². The number of aliphatic hydroxyl groups is 1. The zero-order chi connectivity index (χ0) is 19.9. The highest BCUT2D eigenvalue weighted by atomic mass is 16.5. The van der Waals surface area contributed by atoms with Crippen LogP contribution in [0.3, 0.4) is 0 Å². The molecule has 3 aromatic rings. The molecule has 2 heterocycles. The van der Waals surface area contributed by atoms with E-state index in [4.69, 9.17) is 9.15 Å². The van der Waals surface area contributed by atoms with Gasteiger partial charge in [0.25, 0.3) is 5.91 Å². The van der Waals surface area contributed by atoms with Crippen molar-refractivity contribution in [3.8, 4) is 5.75 Å². The van der Waals surface area contributed by atoms with Gasteiger partial charge >= 0.3 is 0 Å². The summed E-state index contributed by atoms with van der Waals surface area (Å²) in [6.45, 7) is 6.31. The normalized spacial score (nSPS) is 22.4. The minimum atomic E-state index is -1.15. The number of fused-ring (bicyclic) bond motifs is 1. The van der Waals surface area contributed by atoms with Crippen molar-refractivity contribution in [2.75, 3.05) is 13.1 Å². The van der Waals surface area contributed by atoms with Gasteiger partial charge in [0, 0.05) is 23.9 Å². The van der Waals surface area contributed by atoms with Crippen LogP contribution in [0.2, 0.25) is 0 Å². The molecule has 0 unspecified atom stereocenters. The molecule has 1 aliphatic heterocycles. The van der Waals surface area contributed by atoms with Crippen molar-refractivity contribution in [3.05, 3.63) is 65.4 Å². The number of nitrogens with zero attached hydrogens (tertiary/aromatic N) is 1. The van der Waals surface area contributed by atoms with Crippen LogP contribution in [0.15, 0.2) is 52.9 Å². The summed E-state index contributed by atoms with van der Waals surface area (Å²) in [4.78, 5) is 14.8. The zero-order valence-electron chi connectivity index (χ0n) is 16.4. The van der Waals surface area contributed by atoms with E-state index < -0.39 is 5.60 Å². The highest BCUT2D eigenvalue weighted by molar-refractivity contribution is 5.99. The van der Waals surface area contributed by atoms with Crippen molar-refractivity contribution in [1.82, 2.24) is 4.90 Å². The Morgan fingerprint density at radius 3 is 2.68 bits per heavy atom. The van der Waals surface area contributed by atoms with Crippen molar-refractivity contribution >= 4 is 16.9 Å². The van der Waals surface area contributed by atoms with Gasteiger partial charge in [-0.25, -0.2) is 0 Å². The first-order valence-electron chi connectivity index (χ1n) is 9.58. The highest BCUT2D eigenvalue weighted by Crippen LogP contribution is 2.30. The Labute approximate surface area is 164 Å². The van der Waals surface area contributed by atoms with E-state index >= 15 is 0 Å². The van der Waals surface area contributed by atoms with Crippen molar-refractivity contribution in [1.29, 1.82) is 0 Å². The molecule has 28 heavy (non-hydrogen) atoms. The molecular weight excluding hydrogens is 354 g/mol. The fraction of sp³-hybridized carbons (Fsp3) is 0.348. The number of furan rings is 1. The summed E-state index contributed by atoms with van der Waals surface area (Å²) >= 11 is 0. The predicted molar refractivity (Wildman–Crippen MR) is 108 cm³/mol. The monoisotopic (exact) mass is 379 g/mol. The number of aryl methyl sites for hydroxylation is 2. The number of piperidine rings is 1. The van der Waals surface area contributed by atoms with Crippen LogP contribution < -0.4 is 4.74 Å². The number of hydrogen-bond acceptors (Lipinski definition) is 4. The highest BCUT2D eigenvalue weighted by Gasteiger charge is 2.42. The van der Waals surface area contributed by atoms with Crippen LogP contribution in [0, 0.1) is 13.8 Å². The fourth-order valence-corrected chi connectivity index (χ4v) is 3.85. The first-order valence-corrected chi connectivity index (χ1v) is 9.58. The van der Waals surface area contributed by atoms with Crippen molar-refractivity contribution in [3.63, 3.8) is 0 Å². The molecule has 1 aliphatic rings. The molecule has 1 N–H and O–H groups in total. The standard InChI is InChI=1S/C23H25NO4/c1-15-9-10-18-16(2)21(28-19(18)13-15)22(25)24-12-11-20(23(3,26)14-24)27-17-7-5-4-6-8-17/h4-10,13,20,26H,11-12,14H2,1-3H3/t20-,23-/m0/s1. The molecule has 4 rings (SSSR count). The van der Waals surface area contributed by atoms with E-state index in [0.29, 0.717) is 18.7 Å². The topological polar surface area (TPSA) is 62.9 Å². The largest absolute Gasteiger partial charge is 0.487 e. The number of amides is 1. The second kappa shape index (κ2) is 6.99. The van der Waals surface area contributed by atoms with E-state index in [9.17, 15) is 9.90 Å². The van der Waals surface area contributed by atoms with E-state index in [1.54, 1.807) is 11.8 Å². The third kappa shape index (κ3) is 3.38. The van der Waals surface area contributed by atoms with Gasteiger partial charge in [0.2, 0.25) is 0 Å². The number of ether oxygens (including phenoxy) is 1. The Morgan fingerprint density at radius 1 is 1.21 bits per heavy atom. The fourth-order valence-electron chi connectivity index (χ4n) is 3.85. The average molecular weight is 379 g/mol. The first kappa shape index (κ1) is 18.6. The average Bonchev–Trinajstić information content (AvgIpc) is 2.99. The molecule has 1 fully saturated rings. The van der Waals surface area contributed by atoms with Gasteiger partial charge in [0.1, 0.15) is 23.0 Å². The molecule has 1 amide bonds. The Kier molecular flexibility index (Phi) is 4.63. The van der Waals surface area contributed by atoms with Crippen LogP contribution in [0.4, 0.5) is 0 Å². The molecule has 5 heteroatoms. The number of hydrogen-bond donors (Lipinski definition) is 1. The number of β-amino-alcohol motifs (C(OH)–C–C–N with tert-alkyl or cyclic N) is 1. The molecule has 0 spiro atoms. The van der Waals surface area contributed by atoms with Crippen LogP contribution in [0.1, 0.15) is 35.0 Å². The molecule has 0 bridgehead atoms. The van der Waals surface area contributed by atoms with Crippen molar-refractivity contribution < 1.29 is 19.1 Å². The van der Waals surface area contributed by atoms with E-state index in [1.165, 1.54) is 0 Å². The van der Waals surface area contributed by atoms with Crippen LogP contribution in [-0.4, -0.2) is 40.7 Å². The molecule has 2 atom stereocenters. The summed E-state index contributed by atoms with van der Waals surface area (Å²) in [7, 11) is 0. The minimum Gasteiger partial charge on any atom is -0.487 e. The molecule has 1 saturated heterocycles. The summed E-state index contributed by atoms with van der Waals surface area (Å²) in [5.41, 5.74) is 1.49. The van der Waals surface area contributed by atoms with E-state index in [1.807, 2.05) is 62.4 Å². The lowest BCUT2D eigenvalue weighted by Gasteiger charge is -2.42. The Bertz CT molecular complexity index is 1010. The lowest BCUT2D eigenvalue weighted by atomic mass is 9.91. The maximum Gasteiger partial charge on any atom is 0.289 e. The Hall–Kier alpha value is -2.79. The van der Waals surface area contributed by atoms with Gasteiger partial charge in [-0.1, -0.05) is 30.3 Å². The second-order valence-electron chi connectivity index (χ2n) is 7.85. The van der Waals surface area contributed by atoms with Gasteiger partial charge in [-0.15, -0.1) is 0 Å². The lowest BCUT2D eigenvalue weighted by Crippen LogP contribution is -2.58. The van der Waals surface area contributed by atoms with E-state index in [-0.39, 0.29) is 18.6 Å². The van der Waals surface area contributed by atoms with Gasteiger partial charge in [-0.2, -0.15) is 0 Å². The molecular formula is C23H25NO4. The third-order valence-corrected chi connectivity index (χ3v) is 5.46. The van der Waals surface area contributed by atoms with E-state index in [2.05, 4.69) is 0 Å². The SMILES string of the molecule is Cc1ccc2c(C)c(C(=O)N3CC[C@H](Oc4ccccc4)[C@@](C)(O)C3)oc2c1. The number of benzene rings is 2. The summed E-state index contributed by atoms with van der Waals surface area (Å²) in [5.74, 6) is 0.875. The third-order valence-electron chi connectivity index (χ3n) is 5.46. The molecule has 1 aromatic heterocycles. The number of para-hydroxylation sites is 1. The predicted octanol–water partition coefficient (Wildman–Crippen LogP) is 4.09. The summed E-state index contributed by atoms with van der Waals surface area (Å²) in [6, 6.07) is 15.4. The first-order chi connectivity index (χ1) is 13.3. The van der Waals surface area contributed by atoms with Crippen LogP contribution in [0.25, 0.3) is 11.0 Å². The molecule has 5 nitrogen and oxygen atoms in total. The number of carbonyl (C=O) groups excluding carboxylic acids is 1. The van der Waals surface area contributed by atoms with Gasteiger partial charge in [-0.3, -0.25) is 4.79 Å². The summed E-state index contributed by atoms with van der Waals surface area (Å²) in [6.07, 6.45) is 0.171. The zero-order valence-corrected chi connectivity index (χ0v) is 16.4. The lowest BCUT2D eigenvalue weighted by molar-refractivity contribution is -0.0902. The van der Waals surface area contributed by atoms with Crippen LogP contribution in [0.5, 0.6) is 5.75 Å². The molecule has 0 aliphatic carbocycles. The van der Waals surface area contributed by atoms with Crippen molar-refractivity contribution in [2.45, 2.75) is 38.9 Å².